The lowest BCUT2D eigenvalue weighted by atomic mass is 10.1. The molecule has 1 aromatic rings. The fraction of sp³-hybridized carbons (Fsp3) is 0.235. The van der Waals surface area contributed by atoms with Crippen molar-refractivity contribution in [1.82, 2.24) is 0 Å². The zero-order chi connectivity index (χ0) is 15.2. The highest BCUT2D eigenvalue weighted by Gasteiger charge is 2.19. The first-order valence-electron chi connectivity index (χ1n) is 6.57. The van der Waals surface area contributed by atoms with Crippen molar-refractivity contribution in [2.24, 2.45) is 5.92 Å². The number of rotatable bonds is 6. The minimum atomic E-state index is -0.137. The molecular formula is C17H18O4. The summed E-state index contributed by atoms with van der Waals surface area (Å²) in [7, 11) is 4.55. The maximum atomic E-state index is 12.3. The topological polar surface area (TPSA) is 44.8 Å². The van der Waals surface area contributed by atoms with E-state index >= 15 is 0 Å². The Morgan fingerprint density at radius 3 is 2.24 bits per heavy atom. The molecule has 0 unspecified atom stereocenters. The van der Waals surface area contributed by atoms with E-state index in [2.05, 4.69) is 0 Å². The van der Waals surface area contributed by atoms with E-state index in [9.17, 15) is 4.79 Å². The second kappa shape index (κ2) is 6.79. The van der Waals surface area contributed by atoms with Crippen LogP contribution < -0.4 is 14.2 Å². The smallest absolute Gasteiger partial charge is 0.204 e. The van der Waals surface area contributed by atoms with Crippen LogP contribution in [0.5, 0.6) is 17.2 Å². The van der Waals surface area contributed by atoms with Crippen molar-refractivity contribution in [1.29, 1.82) is 0 Å². The standard InChI is InChI=1S/C17H18O4/c1-19-15-11-9-13(16(20-2)17(15)21-3)14(18)10-8-12-6-4-5-7-12/h4-12H,1-3H3/b10-8+. The van der Waals surface area contributed by atoms with E-state index in [1.807, 2.05) is 30.4 Å². The van der Waals surface area contributed by atoms with Crippen molar-refractivity contribution in [3.63, 3.8) is 0 Å². The van der Waals surface area contributed by atoms with Crippen LogP contribution in [0.25, 0.3) is 0 Å². The molecule has 0 bridgehead atoms. The molecule has 2 rings (SSSR count). The summed E-state index contributed by atoms with van der Waals surface area (Å²) in [4.78, 5) is 12.3. The van der Waals surface area contributed by atoms with E-state index in [-0.39, 0.29) is 11.7 Å². The van der Waals surface area contributed by atoms with Crippen molar-refractivity contribution in [2.45, 2.75) is 0 Å². The van der Waals surface area contributed by atoms with E-state index in [1.54, 1.807) is 18.2 Å². The molecule has 4 heteroatoms. The average Bonchev–Trinajstić information content (AvgIpc) is 3.04. The number of benzene rings is 1. The second-order valence-electron chi connectivity index (χ2n) is 4.45. The molecule has 4 nitrogen and oxygen atoms in total. The summed E-state index contributed by atoms with van der Waals surface area (Å²) < 4.78 is 15.8. The van der Waals surface area contributed by atoms with Crippen LogP contribution in [0.15, 0.2) is 48.6 Å². The fourth-order valence-electron chi connectivity index (χ4n) is 2.16. The van der Waals surface area contributed by atoms with Crippen molar-refractivity contribution in [3.05, 3.63) is 54.2 Å². The molecule has 0 spiro atoms. The van der Waals surface area contributed by atoms with Crippen LogP contribution in [-0.2, 0) is 0 Å². The molecule has 0 N–H and O–H groups in total. The number of carbonyl (C=O) groups is 1. The number of hydrogen-bond donors (Lipinski definition) is 0. The Morgan fingerprint density at radius 1 is 1.00 bits per heavy atom. The zero-order valence-corrected chi connectivity index (χ0v) is 12.3. The van der Waals surface area contributed by atoms with Gasteiger partial charge in [-0.1, -0.05) is 30.4 Å². The van der Waals surface area contributed by atoms with Crippen molar-refractivity contribution in [2.75, 3.05) is 21.3 Å². The molecule has 0 amide bonds. The normalized spacial score (nSPS) is 13.9. The van der Waals surface area contributed by atoms with Crippen molar-refractivity contribution >= 4 is 5.78 Å². The van der Waals surface area contributed by atoms with Gasteiger partial charge >= 0.3 is 0 Å². The summed E-state index contributed by atoms with van der Waals surface area (Å²) in [5, 5.41) is 0. The quantitative estimate of drug-likeness (QED) is 0.595. The third-order valence-corrected chi connectivity index (χ3v) is 3.22. The molecule has 0 fully saturated rings. The van der Waals surface area contributed by atoms with Crippen LogP contribution >= 0.6 is 0 Å². The number of methoxy groups -OCH3 is 3. The van der Waals surface area contributed by atoms with Gasteiger partial charge in [0.2, 0.25) is 5.75 Å². The van der Waals surface area contributed by atoms with Gasteiger partial charge in [-0.25, -0.2) is 0 Å². The lowest BCUT2D eigenvalue weighted by molar-refractivity contribution is 0.104. The minimum absolute atomic E-state index is 0.137. The zero-order valence-electron chi connectivity index (χ0n) is 12.3. The summed E-state index contributed by atoms with van der Waals surface area (Å²) in [6, 6.07) is 3.37. The summed E-state index contributed by atoms with van der Waals surface area (Å²) in [5.41, 5.74) is 0.442. The summed E-state index contributed by atoms with van der Waals surface area (Å²) in [6.07, 6.45) is 11.3. The van der Waals surface area contributed by atoms with E-state index in [0.717, 1.165) is 0 Å². The lowest BCUT2D eigenvalue weighted by Gasteiger charge is -2.14. The minimum Gasteiger partial charge on any atom is -0.493 e. The molecule has 0 atom stereocenters. The fourth-order valence-corrected chi connectivity index (χ4v) is 2.16. The molecule has 0 saturated heterocycles. The van der Waals surface area contributed by atoms with Gasteiger partial charge in [0.25, 0.3) is 0 Å². The first-order valence-corrected chi connectivity index (χ1v) is 6.57. The number of carbonyl (C=O) groups excluding carboxylic acids is 1. The van der Waals surface area contributed by atoms with Gasteiger partial charge in [0.1, 0.15) is 0 Å². The second-order valence-corrected chi connectivity index (χ2v) is 4.45. The number of allylic oxidation sites excluding steroid dienone is 6. The predicted octanol–water partition coefficient (Wildman–Crippen LogP) is 3.19. The number of ketones is 1. The summed E-state index contributed by atoms with van der Waals surface area (Å²) in [5.74, 6) is 1.35. The predicted molar refractivity (Wildman–Crippen MR) is 81.3 cm³/mol. The van der Waals surface area contributed by atoms with E-state index in [4.69, 9.17) is 14.2 Å². The van der Waals surface area contributed by atoms with Crippen LogP contribution in [0, 0.1) is 5.92 Å². The van der Waals surface area contributed by atoms with E-state index in [1.165, 1.54) is 21.3 Å². The Bertz CT molecular complexity index is 599. The van der Waals surface area contributed by atoms with E-state index in [0.29, 0.717) is 22.8 Å². The van der Waals surface area contributed by atoms with Crippen LogP contribution in [-0.4, -0.2) is 27.1 Å². The van der Waals surface area contributed by atoms with Crippen LogP contribution in [0.4, 0.5) is 0 Å². The first kappa shape index (κ1) is 14.9. The van der Waals surface area contributed by atoms with E-state index < -0.39 is 0 Å². The Labute approximate surface area is 124 Å². The third-order valence-electron chi connectivity index (χ3n) is 3.22. The van der Waals surface area contributed by atoms with Crippen LogP contribution in [0.2, 0.25) is 0 Å². The Balaban J connectivity index is 2.32. The average molecular weight is 286 g/mol. The summed E-state index contributed by atoms with van der Waals surface area (Å²) >= 11 is 0. The number of hydrogen-bond acceptors (Lipinski definition) is 4. The molecule has 0 aliphatic heterocycles. The Hall–Kier alpha value is -2.49. The molecular weight excluding hydrogens is 268 g/mol. The molecule has 1 aromatic carbocycles. The molecule has 0 aromatic heterocycles. The van der Waals surface area contributed by atoms with Crippen molar-refractivity contribution in [3.8, 4) is 17.2 Å². The molecule has 110 valence electrons. The first-order chi connectivity index (χ1) is 10.2. The molecule has 0 radical (unpaired) electrons. The maximum absolute atomic E-state index is 12.3. The Kier molecular flexibility index (Phi) is 4.82. The summed E-state index contributed by atoms with van der Waals surface area (Å²) in [6.45, 7) is 0. The lowest BCUT2D eigenvalue weighted by Crippen LogP contribution is -2.03. The van der Waals surface area contributed by atoms with Crippen LogP contribution in [0.1, 0.15) is 10.4 Å². The van der Waals surface area contributed by atoms with Gasteiger partial charge in [-0.15, -0.1) is 0 Å². The third kappa shape index (κ3) is 3.16. The van der Waals surface area contributed by atoms with Crippen molar-refractivity contribution < 1.29 is 19.0 Å². The van der Waals surface area contributed by atoms with Gasteiger partial charge < -0.3 is 14.2 Å². The molecule has 21 heavy (non-hydrogen) atoms. The molecule has 0 heterocycles. The largest absolute Gasteiger partial charge is 0.493 e. The SMILES string of the molecule is COc1ccc(C(=O)/C=C/C2C=CC=C2)c(OC)c1OC. The van der Waals surface area contributed by atoms with Gasteiger partial charge in [0, 0.05) is 5.92 Å². The highest BCUT2D eigenvalue weighted by molar-refractivity contribution is 6.07. The van der Waals surface area contributed by atoms with Gasteiger partial charge in [-0.05, 0) is 18.2 Å². The highest BCUT2D eigenvalue weighted by Crippen LogP contribution is 2.40. The van der Waals surface area contributed by atoms with Crippen LogP contribution in [0.3, 0.4) is 0 Å². The van der Waals surface area contributed by atoms with Gasteiger partial charge in [-0.3, -0.25) is 4.79 Å². The number of ether oxygens (including phenoxy) is 3. The van der Waals surface area contributed by atoms with Gasteiger partial charge in [0.05, 0.1) is 26.9 Å². The van der Waals surface area contributed by atoms with Gasteiger partial charge in [-0.2, -0.15) is 0 Å². The monoisotopic (exact) mass is 286 g/mol. The molecule has 1 aliphatic rings. The van der Waals surface area contributed by atoms with Gasteiger partial charge in [0.15, 0.2) is 17.3 Å². The molecule has 1 aliphatic carbocycles. The Morgan fingerprint density at radius 2 is 1.67 bits per heavy atom. The highest BCUT2D eigenvalue weighted by atomic mass is 16.5. The molecule has 0 saturated carbocycles. The maximum Gasteiger partial charge on any atom is 0.204 e.